The van der Waals surface area contributed by atoms with Crippen LogP contribution in [0.15, 0.2) is 201 Å². The molecule has 0 aliphatic carbocycles. The van der Waals surface area contributed by atoms with E-state index >= 15 is 0 Å². The number of thiophene rings is 2. The van der Waals surface area contributed by atoms with Crippen molar-refractivity contribution in [2.45, 2.75) is 0 Å². The van der Waals surface area contributed by atoms with Gasteiger partial charge in [0.05, 0.1) is 16.1 Å². The summed E-state index contributed by atoms with van der Waals surface area (Å²) >= 11 is 3.69. The van der Waals surface area contributed by atoms with Crippen LogP contribution in [0.4, 0.5) is 28.4 Å². The number of nitrogens with zero attached hydrogens (tertiary/aromatic N) is 2. The van der Waals surface area contributed by atoms with Crippen molar-refractivity contribution in [2.75, 3.05) is 9.80 Å². The number of benzene rings is 7. The lowest BCUT2D eigenvalue weighted by Gasteiger charge is -2.27. The Hall–Kier alpha value is -6.20. The first kappa shape index (κ1) is 31.8. The number of hydrogen-bond donors (Lipinski definition) is 0. The minimum absolute atomic E-state index is 0.959. The maximum atomic E-state index is 4.19. The van der Waals surface area contributed by atoms with Crippen LogP contribution < -0.4 is 9.80 Å². The Morgan fingerprint density at radius 1 is 0.481 bits per heavy atom. The molecule has 7 aromatic carbocycles. The third kappa shape index (κ3) is 5.50. The predicted octanol–water partition coefficient (Wildman–Crippen LogP) is 15.0. The number of hydrogen-bond acceptors (Lipinski definition) is 4. The van der Waals surface area contributed by atoms with Crippen LogP contribution >= 0.6 is 22.7 Å². The molecule has 0 fully saturated rings. The fourth-order valence-corrected chi connectivity index (χ4v) is 9.56. The Kier molecular flexibility index (Phi) is 8.24. The van der Waals surface area contributed by atoms with Crippen molar-refractivity contribution in [3.63, 3.8) is 0 Å². The van der Waals surface area contributed by atoms with Gasteiger partial charge >= 0.3 is 0 Å². The number of para-hydroxylation sites is 1. The molecular formula is C48H34N2S2. The molecule has 0 saturated heterocycles. The van der Waals surface area contributed by atoms with Crippen LogP contribution in [0.5, 0.6) is 0 Å². The van der Waals surface area contributed by atoms with E-state index in [4.69, 9.17) is 0 Å². The lowest BCUT2D eigenvalue weighted by molar-refractivity contribution is 1.22. The highest BCUT2D eigenvalue weighted by molar-refractivity contribution is 7.26. The molecule has 0 aliphatic rings. The summed E-state index contributed by atoms with van der Waals surface area (Å²) in [4.78, 5) is 4.71. The van der Waals surface area contributed by atoms with Gasteiger partial charge in [0.1, 0.15) is 0 Å². The number of rotatable bonds is 9. The number of fused-ring (bicyclic) bond motifs is 6. The molecule has 0 atom stereocenters. The molecule has 2 heterocycles. The van der Waals surface area contributed by atoms with Crippen molar-refractivity contribution < 1.29 is 0 Å². The van der Waals surface area contributed by atoms with Crippen LogP contribution in [0, 0.1) is 0 Å². The van der Waals surface area contributed by atoms with Gasteiger partial charge in [-0.2, -0.15) is 0 Å². The lowest BCUT2D eigenvalue weighted by Crippen LogP contribution is -2.15. The molecule has 0 bridgehead atoms. The summed E-state index contributed by atoms with van der Waals surface area (Å²) in [5.41, 5.74) is 8.91. The summed E-state index contributed by atoms with van der Waals surface area (Å²) in [5.74, 6) is 0. The molecule has 0 amide bonds. The van der Waals surface area contributed by atoms with Gasteiger partial charge in [-0.15, -0.1) is 22.7 Å². The number of anilines is 5. The summed E-state index contributed by atoms with van der Waals surface area (Å²) in [5, 5.41) is 4.99. The van der Waals surface area contributed by atoms with Crippen LogP contribution in [-0.2, 0) is 0 Å². The molecule has 2 nitrogen and oxygen atoms in total. The van der Waals surface area contributed by atoms with Gasteiger partial charge < -0.3 is 9.80 Å². The highest BCUT2D eigenvalue weighted by Gasteiger charge is 2.23. The molecule has 0 unspecified atom stereocenters. The maximum absolute atomic E-state index is 4.19. The van der Waals surface area contributed by atoms with Gasteiger partial charge in [-0.3, -0.25) is 0 Å². The summed E-state index contributed by atoms with van der Waals surface area (Å²) in [6, 6.07) is 59.0. The van der Waals surface area contributed by atoms with E-state index in [9.17, 15) is 0 Å². The van der Waals surface area contributed by atoms with E-state index in [2.05, 4.69) is 187 Å². The molecule has 0 N–H and O–H groups in total. The van der Waals surface area contributed by atoms with Crippen LogP contribution in [0.25, 0.3) is 51.5 Å². The molecule has 2 aromatic heterocycles. The van der Waals surface area contributed by atoms with Gasteiger partial charge in [0.2, 0.25) is 0 Å². The summed E-state index contributed by atoms with van der Waals surface area (Å²) in [6.45, 7) is 8.20. The lowest BCUT2D eigenvalue weighted by atomic mass is 10.0. The topological polar surface area (TPSA) is 6.48 Å². The van der Waals surface area contributed by atoms with E-state index in [1.807, 2.05) is 40.9 Å². The predicted molar refractivity (Wildman–Crippen MR) is 229 cm³/mol. The van der Waals surface area contributed by atoms with Gasteiger partial charge in [-0.25, -0.2) is 0 Å². The first-order chi connectivity index (χ1) is 25.7. The fraction of sp³-hybridized carbons (Fsp3) is 0. The SMILES string of the molecule is C=C/C=C(\C=C)N(c1ccccc1)c1cccc2sc3c(N(c4ccc(-c5ccccc5)cc4)c4ccc5sc6ccccc6c5c4)cccc3c12. The van der Waals surface area contributed by atoms with Crippen molar-refractivity contribution in [3.05, 3.63) is 201 Å². The molecule has 9 aromatic rings. The Labute approximate surface area is 311 Å². The highest BCUT2D eigenvalue weighted by atomic mass is 32.1. The van der Waals surface area contributed by atoms with E-state index < -0.39 is 0 Å². The van der Waals surface area contributed by atoms with Crippen LogP contribution in [0.2, 0.25) is 0 Å². The molecule has 0 radical (unpaired) electrons. The zero-order chi connectivity index (χ0) is 35.0. The van der Waals surface area contributed by atoms with Crippen molar-refractivity contribution in [2.24, 2.45) is 0 Å². The van der Waals surface area contributed by atoms with Gasteiger partial charge in [-0.05, 0) is 90.0 Å². The smallest absolute Gasteiger partial charge is 0.0640 e. The van der Waals surface area contributed by atoms with Crippen molar-refractivity contribution in [3.8, 4) is 11.1 Å². The average Bonchev–Trinajstić information content (AvgIpc) is 3.78. The molecule has 248 valence electrons. The quantitative estimate of drug-likeness (QED) is 0.138. The Morgan fingerprint density at radius 3 is 1.90 bits per heavy atom. The fourth-order valence-electron chi connectivity index (χ4n) is 7.25. The van der Waals surface area contributed by atoms with Crippen LogP contribution in [-0.4, -0.2) is 0 Å². The molecule has 52 heavy (non-hydrogen) atoms. The van der Waals surface area contributed by atoms with E-state index in [-0.39, 0.29) is 0 Å². The molecule has 9 rings (SSSR count). The van der Waals surface area contributed by atoms with Gasteiger partial charge in [-0.1, -0.05) is 116 Å². The van der Waals surface area contributed by atoms with Crippen molar-refractivity contribution >= 4 is 91.5 Å². The minimum atomic E-state index is 0.959. The molecule has 0 saturated carbocycles. The number of allylic oxidation sites excluding steroid dienone is 3. The zero-order valence-electron chi connectivity index (χ0n) is 28.4. The summed E-state index contributed by atoms with van der Waals surface area (Å²) < 4.78 is 5.05. The van der Waals surface area contributed by atoms with Gasteiger partial charge in [0.25, 0.3) is 0 Å². The molecular weight excluding hydrogens is 669 g/mol. The Bertz CT molecular complexity index is 2770. The van der Waals surface area contributed by atoms with Gasteiger partial charge in [0.15, 0.2) is 0 Å². The Morgan fingerprint density at radius 2 is 1.12 bits per heavy atom. The van der Waals surface area contributed by atoms with Crippen LogP contribution in [0.3, 0.4) is 0 Å². The maximum Gasteiger partial charge on any atom is 0.0640 e. The first-order valence-electron chi connectivity index (χ1n) is 17.3. The Balaban J connectivity index is 1.28. The van der Waals surface area contributed by atoms with E-state index in [0.29, 0.717) is 0 Å². The minimum Gasteiger partial charge on any atom is -0.310 e. The normalized spacial score (nSPS) is 11.7. The second kappa shape index (κ2) is 13.5. The summed E-state index contributed by atoms with van der Waals surface area (Å²) in [7, 11) is 0. The molecule has 4 heteroatoms. The zero-order valence-corrected chi connectivity index (χ0v) is 30.1. The highest BCUT2D eigenvalue weighted by Crippen LogP contribution is 2.49. The van der Waals surface area contributed by atoms with Gasteiger partial charge in [0, 0.05) is 58.4 Å². The first-order valence-corrected chi connectivity index (χ1v) is 19.0. The largest absolute Gasteiger partial charge is 0.310 e. The second-order valence-electron chi connectivity index (χ2n) is 12.6. The third-order valence-electron chi connectivity index (χ3n) is 9.58. The van der Waals surface area contributed by atoms with Crippen molar-refractivity contribution in [1.29, 1.82) is 0 Å². The monoisotopic (exact) mass is 702 g/mol. The molecule has 0 aliphatic heterocycles. The van der Waals surface area contributed by atoms with Crippen LogP contribution in [0.1, 0.15) is 0 Å². The second-order valence-corrected chi connectivity index (χ2v) is 14.8. The van der Waals surface area contributed by atoms with E-state index in [0.717, 1.165) is 34.1 Å². The van der Waals surface area contributed by atoms with Crippen molar-refractivity contribution in [1.82, 2.24) is 0 Å². The van der Waals surface area contributed by atoms with E-state index in [1.54, 1.807) is 0 Å². The van der Waals surface area contributed by atoms with E-state index in [1.165, 1.54) is 51.5 Å². The standard InChI is InChI=1S/C48H34N2S2/c1-3-15-35(4-2)49(36-18-9-6-10-19-36)42-22-14-25-46-47(42)40-21-13-23-43(48(40)52-46)50(37-28-26-34(27-29-37)33-16-7-5-8-17-33)38-30-31-45-41(32-38)39-20-11-12-24-44(39)51-45/h3-32H,1-2H2/b35-15+. The third-order valence-corrected chi connectivity index (χ3v) is 11.9. The average molecular weight is 703 g/mol. The summed E-state index contributed by atoms with van der Waals surface area (Å²) in [6.07, 6.45) is 5.74. The molecule has 0 spiro atoms.